The van der Waals surface area contributed by atoms with Crippen molar-refractivity contribution in [2.75, 3.05) is 36.0 Å². The van der Waals surface area contributed by atoms with E-state index in [2.05, 4.69) is 19.8 Å². The number of anilines is 2. The fraction of sp³-hybridized carbons (Fsp3) is 0.714. The SMILES string of the molecule is Fc1cc(N2CCCCC2)nc(N2CCCCC2)n1. The number of nitrogens with zero attached hydrogens (tertiary/aromatic N) is 4. The standard InChI is InChI=1S/C14H21FN4/c15-12-11-13(18-7-3-1-4-8-18)17-14(16-12)19-9-5-2-6-10-19/h11H,1-10H2. The van der Waals surface area contributed by atoms with Crippen LogP contribution >= 0.6 is 0 Å². The van der Waals surface area contributed by atoms with Gasteiger partial charge in [0.1, 0.15) is 5.82 Å². The molecule has 2 fully saturated rings. The quantitative estimate of drug-likeness (QED) is 0.769. The summed E-state index contributed by atoms with van der Waals surface area (Å²) in [7, 11) is 0. The summed E-state index contributed by atoms with van der Waals surface area (Å²) in [5, 5.41) is 0. The van der Waals surface area contributed by atoms with Crippen LogP contribution in [0.15, 0.2) is 6.07 Å². The van der Waals surface area contributed by atoms with E-state index in [0.717, 1.165) is 44.8 Å². The number of hydrogen-bond acceptors (Lipinski definition) is 4. The molecular formula is C14H21FN4. The molecule has 0 aliphatic carbocycles. The zero-order valence-corrected chi connectivity index (χ0v) is 11.3. The van der Waals surface area contributed by atoms with Crippen molar-refractivity contribution in [3.05, 3.63) is 12.0 Å². The van der Waals surface area contributed by atoms with Crippen molar-refractivity contribution in [1.29, 1.82) is 0 Å². The zero-order valence-electron chi connectivity index (χ0n) is 11.3. The van der Waals surface area contributed by atoms with Gasteiger partial charge >= 0.3 is 0 Å². The van der Waals surface area contributed by atoms with Crippen molar-refractivity contribution < 1.29 is 4.39 Å². The summed E-state index contributed by atoms with van der Waals surface area (Å²) in [4.78, 5) is 12.8. The average molecular weight is 264 g/mol. The number of rotatable bonds is 2. The lowest BCUT2D eigenvalue weighted by Crippen LogP contribution is -2.33. The molecular weight excluding hydrogens is 243 g/mol. The molecule has 0 unspecified atom stereocenters. The third-order valence-electron chi connectivity index (χ3n) is 3.99. The summed E-state index contributed by atoms with van der Waals surface area (Å²) >= 11 is 0. The van der Waals surface area contributed by atoms with Gasteiger partial charge in [0.2, 0.25) is 11.9 Å². The van der Waals surface area contributed by atoms with Crippen LogP contribution in [-0.2, 0) is 0 Å². The molecule has 0 aromatic carbocycles. The van der Waals surface area contributed by atoms with Crippen molar-refractivity contribution in [1.82, 2.24) is 9.97 Å². The van der Waals surface area contributed by atoms with E-state index in [1.54, 1.807) is 0 Å². The average Bonchev–Trinajstić information content (AvgIpc) is 2.48. The fourth-order valence-electron chi connectivity index (χ4n) is 2.91. The molecule has 19 heavy (non-hydrogen) atoms. The summed E-state index contributed by atoms with van der Waals surface area (Å²) in [5.74, 6) is 0.921. The molecule has 104 valence electrons. The Morgan fingerprint density at radius 2 is 1.37 bits per heavy atom. The van der Waals surface area contributed by atoms with Gasteiger partial charge < -0.3 is 9.80 Å². The minimum atomic E-state index is -0.406. The Balaban J connectivity index is 1.82. The Hall–Kier alpha value is -1.39. The Kier molecular flexibility index (Phi) is 3.80. The van der Waals surface area contributed by atoms with Crippen molar-refractivity contribution in [3.8, 4) is 0 Å². The monoisotopic (exact) mass is 264 g/mol. The predicted octanol–water partition coefficient (Wildman–Crippen LogP) is 2.60. The van der Waals surface area contributed by atoms with Crippen molar-refractivity contribution >= 4 is 11.8 Å². The van der Waals surface area contributed by atoms with Gasteiger partial charge in [0, 0.05) is 32.2 Å². The van der Waals surface area contributed by atoms with Crippen LogP contribution < -0.4 is 9.80 Å². The summed E-state index contributed by atoms with van der Waals surface area (Å²) < 4.78 is 13.7. The number of piperidine rings is 2. The van der Waals surface area contributed by atoms with E-state index in [4.69, 9.17) is 0 Å². The number of halogens is 1. The van der Waals surface area contributed by atoms with Crippen LogP contribution in [0.25, 0.3) is 0 Å². The molecule has 1 aromatic heterocycles. The highest BCUT2D eigenvalue weighted by Gasteiger charge is 2.18. The number of aromatic nitrogens is 2. The summed E-state index contributed by atoms with van der Waals surface area (Å²) in [5.41, 5.74) is 0. The van der Waals surface area contributed by atoms with E-state index in [0.29, 0.717) is 5.95 Å². The minimum Gasteiger partial charge on any atom is -0.356 e. The van der Waals surface area contributed by atoms with Gasteiger partial charge in [-0.2, -0.15) is 14.4 Å². The summed E-state index contributed by atoms with van der Waals surface area (Å²) in [6.07, 6.45) is 7.17. The maximum atomic E-state index is 13.7. The van der Waals surface area contributed by atoms with Crippen LogP contribution in [0, 0.1) is 5.95 Å². The molecule has 0 atom stereocenters. The van der Waals surface area contributed by atoms with Crippen LogP contribution in [0.1, 0.15) is 38.5 Å². The highest BCUT2D eigenvalue weighted by Crippen LogP contribution is 2.22. The van der Waals surface area contributed by atoms with E-state index in [1.165, 1.54) is 31.7 Å². The van der Waals surface area contributed by atoms with Gasteiger partial charge in [-0.1, -0.05) is 0 Å². The minimum absolute atomic E-state index is 0.406. The largest absolute Gasteiger partial charge is 0.356 e. The lowest BCUT2D eigenvalue weighted by molar-refractivity contribution is 0.537. The Bertz CT molecular complexity index is 389. The molecule has 4 nitrogen and oxygen atoms in total. The van der Waals surface area contributed by atoms with Crippen molar-refractivity contribution in [3.63, 3.8) is 0 Å². The van der Waals surface area contributed by atoms with Gasteiger partial charge in [0.15, 0.2) is 0 Å². The zero-order chi connectivity index (χ0) is 13.1. The Labute approximate surface area is 113 Å². The molecule has 5 heteroatoms. The normalized spacial score (nSPS) is 20.7. The predicted molar refractivity (Wildman–Crippen MR) is 74.1 cm³/mol. The first-order chi connectivity index (χ1) is 9.33. The Morgan fingerprint density at radius 1 is 0.789 bits per heavy atom. The smallest absolute Gasteiger partial charge is 0.229 e. The van der Waals surface area contributed by atoms with Crippen molar-refractivity contribution in [2.24, 2.45) is 0 Å². The van der Waals surface area contributed by atoms with E-state index in [9.17, 15) is 4.39 Å². The lowest BCUT2D eigenvalue weighted by Gasteiger charge is -2.30. The topological polar surface area (TPSA) is 32.3 Å². The van der Waals surface area contributed by atoms with Crippen LogP contribution in [-0.4, -0.2) is 36.1 Å². The van der Waals surface area contributed by atoms with Gasteiger partial charge in [-0.05, 0) is 38.5 Å². The molecule has 0 amide bonds. The summed E-state index contributed by atoms with van der Waals surface area (Å²) in [6.45, 7) is 3.86. The van der Waals surface area contributed by atoms with Gasteiger partial charge in [-0.25, -0.2) is 0 Å². The Morgan fingerprint density at radius 3 is 2.00 bits per heavy atom. The van der Waals surface area contributed by atoms with Crippen LogP contribution in [0.4, 0.5) is 16.2 Å². The van der Waals surface area contributed by atoms with Crippen LogP contribution in [0.5, 0.6) is 0 Å². The first-order valence-electron chi connectivity index (χ1n) is 7.37. The lowest BCUT2D eigenvalue weighted by atomic mass is 10.1. The highest BCUT2D eigenvalue weighted by atomic mass is 19.1. The highest BCUT2D eigenvalue weighted by molar-refractivity contribution is 5.44. The van der Waals surface area contributed by atoms with Crippen LogP contribution in [0.2, 0.25) is 0 Å². The summed E-state index contributed by atoms with van der Waals surface area (Å²) in [6, 6.07) is 1.47. The second-order valence-corrected chi connectivity index (χ2v) is 5.44. The third kappa shape index (κ3) is 2.96. The van der Waals surface area contributed by atoms with Crippen LogP contribution in [0.3, 0.4) is 0 Å². The van der Waals surface area contributed by atoms with E-state index < -0.39 is 5.95 Å². The molecule has 0 saturated carbocycles. The van der Waals surface area contributed by atoms with Gasteiger partial charge in [0.25, 0.3) is 0 Å². The van der Waals surface area contributed by atoms with Gasteiger partial charge in [-0.3, -0.25) is 0 Å². The van der Waals surface area contributed by atoms with E-state index in [-0.39, 0.29) is 0 Å². The molecule has 2 aliphatic rings. The molecule has 3 rings (SSSR count). The first-order valence-corrected chi connectivity index (χ1v) is 7.37. The molecule has 0 radical (unpaired) electrons. The van der Waals surface area contributed by atoms with E-state index >= 15 is 0 Å². The fourth-order valence-corrected chi connectivity index (χ4v) is 2.91. The van der Waals surface area contributed by atoms with Crippen molar-refractivity contribution in [2.45, 2.75) is 38.5 Å². The maximum absolute atomic E-state index is 13.7. The van der Waals surface area contributed by atoms with E-state index in [1.807, 2.05) is 0 Å². The molecule has 0 bridgehead atoms. The molecule has 0 N–H and O–H groups in total. The first kappa shape index (κ1) is 12.6. The molecule has 0 spiro atoms. The third-order valence-corrected chi connectivity index (χ3v) is 3.99. The molecule has 3 heterocycles. The maximum Gasteiger partial charge on any atom is 0.229 e. The molecule has 2 aliphatic heterocycles. The second kappa shape index (κ2) is 5.72. The van der Waals surface area contributed by atoms with Gasteiger partial charge in [-0.15, -0.1) is 0 Å². The molecule has 2 saturated heterocycles. The second-order valence-electron chi connectivity index (χ2n) is 5.44. The molecule has 1 aromatic rings. The number of hydrogen-bond donors (Lipinski definition) is 0. The van der Waals surface area contributed by atoms with Gasteiger partial charge in [0.05, 0.1) is 0 Å².